The fourth-order valence-corrected chi connectivity index (χ4v) is 4.18. The lowest BCUT2D eigenvalue weighted by Crippen LogP contribution is -2.19. The first-order chi connectivity index (χ1) is 7.59. The van der Waals surface area contributed by atoms with E-state index < -0.39 is 0 Å². The maximum absolute atomic E-state index is 9.72. The van der Waals surface area contributed by atoms with Gasteiger partial charge in [0.2, 0.25) is 0 Å². The smallest absolute Gasteiger partial charge is 0.142 e. The van der Waals surface area contributed by atoms with E-state index in [1.54, 1.807) is 0 Å². The first kappa shape index (κ1) is 12.9. The Labute approximate surface area is 123 Å². The minimum Gasteiger partial charge on any atom is -0.506 e. The van der Waals surface area contributed by atoms with Crippen molar-refractivity contribution in [3.63, 3.8) is 0 Å². The van der Waals surface area contributed by atoms with Crippen molar-refractivity contribution in [3.8, 4) is 5.75 Å². The van der Waals surface area contributed by atoms with Gasteiger partial charge in [-0.1, -0.05) is 12.8 Å². The van der Waals surface area contributed by atoms with Gasteiger partial charge in [-0.15, -0.1) is 0 Å². The molecule has 0 spiro atoms. The Morgan fingerprint density at radius 1 is 1.19 bits per heavy atom. The Bertz CT molecular complexity index is 366. The zero-order valence-corrected chi connectivity index (χ0v) is 13.2. The summed E-state index contributed by atoms with van der Waals surface area (Å²) in [7, 11) is 0. The van der Waals surface area contributed by atoms with E-state index in [4.69, 9.17) is 5.73 Å². The number of benzene rings is 1. The molecule has 1 fully saturated rings. The molecule has 0 aliphatic heterocycles. The molecule has 1 saturated carbocycles. The van der Waals surface area contributed by atoms with Crippen LogP contribution in [0.5, 0.6) is 5.75 Å². The summed E-state index contributed by atoms with van der Waals surface area (Å²) in [6.07, 6.45) is 5.11. The molecule has 0 amide bonds. The molecule has 1 aliphatic carbocycles. The van der Waals surface area contributed by atoms with Gasteiger partial charge in [0.15, 0.2) is 0 Å². The quantitative estimate of drug-likeness (QED) is 0.684. The number of nitrogens with two attached hydrogens (primary N) is 1. The number of aromatic hydroxyl groups is 1. The molecule has 1 atom stereocenters. The van der Waals surface area contributed by atoms with E-state index in [0.29, 0.717) is 11.7 Å². The molecule has 1 aromatic rings. The van der Waals surface area contributed by atoms with Crippen molar-refractivity contribution < 1.29 is 5.11 Å². The zero-order chi connectivity index (χ0) is 11.7. The van der Waals surface area contributed by atoms with Crippen LogP contribution >= 0.6 is 45.2 Å². The van der Waals surface area contributed by atoms with Crippen LogP contribution in [-0.4, -0.2) is 5.11 Å². The SMILES string of the molecule is N[C@H](c1cc(I)c(O)c(I)c1)C1CCCC1. The average Bonchev–Trinajstić information content (AvgIpc) is 2.77. The molecule has 0 unspecified atom stereocenters. The van der Waals surface area contributed by atoms with Crippen LogP contribution in [0.1, 0.15) is 37.3 Å². The lowest BCUT2D eigenvalue weighted by molar-refractivity contribution is 0.441. The fourth-order valence-electron chi connectivity index (χ4n) is 2.37. The molecule has 0 heterocycles. The molecule has 1 aliphatic rings. The Hall–Kier alpha value is 0.440. The molecule has 2 nitrogen and oxygen atoms in total. The second-order valence-corrected chi connectivity index (χ2v) is 6.73. The number of phenolic OH excluding ortho intramolecular Hbond substituents is 1. The number of hydrogen-bond donors (Lipinski definition) is 2. The largest absolute Gasteiger partial charge is 0.506 e. The third-order valence-electron chi connectivity index (χ3n) is 3.33. The molecule has 0 radical (unpaired) electrons. The summed E-state index contributed by atoms with van der Waals surface area (Å²) < 4.78 is 1.79. The Kier molecular flexibility index (Phi) is 4.34. The van der Waals surface area contributed by atoms with Crippen LogP contribution in [0, 0.1) is 13.1 Å². The molecule has 1 aromatic carbocycles. The molecule has 3 N–H and O–H groups in total. The van der Waals surface area contributed by atoms with Crippen LogP contribution in [-0.2, 0) is 0 Å². The van der Waals surface area contributed by atoms with Gasteiger partial charge >= 0.3 is 0 Å². The molecule has 0 saturated heterocycles. The number of rotatable bonds is 2. The summed E-state index contributed by atoms with van der Waals surface area (Å²) in [6, 6.07) is 4.16. The summed E-state index contributed by atoms with van der Waals surface area (Å²) in [5.74, 6) is 1.000. The van der Waals surface area contributed by atoms with Gasteiger partial charge in [0, 0.05) is 6.04 Å². The lowest BCUT2D eigenvalue weighted by atomic mass is 9.92. The standard InChI is InChI=1S/C12H15I2NO/c13-9-5-8(6-10(14)12(9)16)11(15)7-3-1-2-4-7/h5-7,11,16H,1-4,15H2/t11-/m0/s1. The summed E-state index contributed by atoms with van der Waals surface area (Å²) >= 11 is 4.32. The molecule has 88 valence electrons. The predicted octanol–water partition coefficient (Wildman–Crippen LogP) is 3.79. The maximum Gasteiger partial charge on any atom is 0.142 e. The van der Waals surface area contributed by atoms with Crippen LogP contribution in [0.15, 0.2) is 12.1 Å². The van der Waals surface area contributed by atoms with Gasteiger partial charge < -0.3 is 10.8 Å². The van der Waals surface area contributed by atoms with E-state index in [1.165, 1.54) is 31.2 Å². The highest BCUT2D eigenvalue weighted by Crippen LogP contribution is 2.37. The van der Waals surface area contributed by atoms with Crippen LogP contribution < -0.4 is 5.73 Å². The summed E-state index contributed by atoms with van der Waals surface area (Å²) in [5, 5.41) is 9.72. The van der Waals surface area contributed by atoms with Crippen LogP contribution in [0.2, 0.25) is 0 Å². The van der Waals surface area contributed by atoms with Gasteiger partial charge in [-0.2, -0.15) is 0 Å². The van der Waals surface area contributed by atoms with Gasteiger partial charge in [0.1, 0.15) is 5.75 Å². The van der Waals surface area contributed by atoms with E-state index in [0.717, 1.165) is 7.14 Å². The molecular formula is C12H15I2NO. The Balaban J connectivity index is 2.26. The number of hydrogen-bond acceptors (Lipinski definition) is 2. The van der Waals surface area contributed by atoms with Gasteiger partial charge in [-0.3, -0.25) is 0 Å². The zero-order valence-electron chi connectivity index (χ0n) is 8.92. The molecule has 0 aromatic heterocycles. The van der Waals surface area contributed by atoms with Gasteiger partial charge in [0.05, 0.1) is 7.14 Å². The predicted molar refractivity (Wildman–Crippen MR) is 82.4 cm³/mol. The highest BCUT2D eigenvalue weighted by atomic mass is 127. The molecule has 4 heteroatoms. The van der Waals surface area contributed by atoms with E-state index in [1.807, 2.05) is 12.1 Å². The van der Waals surface area contributed by atoms with E-state index in [-0.39, 0.29) is 6.04 Å². The minimum atomic E-state index is 0.130. The van der Waals surface area contributed by atoms with Crippen molar-refractivity contribution >= 4 is 45.2 Å². The van der Waals surface area contributed by atoms with Gasteiger partial charge in [-0.25, -0.2) is 0 Å². The van der Waals surface area contributed by atoms with Crippen LogP contribution in [0.4, 0.5) is 0 Å². The maximum atomic E-state index is 9.72. The normalized spacial score (nSPS) is 18.9. The first-order valence-corrected chi connectivity index (χ1v) is 7.69. The summed E-state index contributed by atoms with van der Waals surface area (Å²) in [5.41, 5.74) is 7.47. The van der Waals surface area contributed by atoms with E-state index >= 15 is 0 Å². The number of halogens is 2. The summed E-state index contributed by atoms with van der Waals surface area (Å²) in [6.45, 7) is 0. The average molecular weight is 443 g/mol. The van der Waals surface area contributed by atoms with E-state index in [2.05, 4.69) is 45.2 Å². The van der Waals surface area contributed by atoms with Gasteiger partial charge in [-0.05, 0) is 81.6 Å². The first-order valence-electron chi connectivity index (χ1n) is 5.53. The van der Waals surface area contributed by atoms with Crippen molar-refractivity contribution in [2.24, 2.45) is 11.7 Å². The molecular weight excluding hydrogens is 428 g/mol. The van der Waals surface area contributed by atoms with Crippen molar-refractivity contribution in [2.45, 2.75) is 31.7 Å². The van der Waals surface area contributed by atoms with E-state index in [9.17, 15) is 5.11 Å². The monoisotopic (exact) mass is 443 g/mol. The Morgan fingerprint density at radius 2 is 1.69 bits per heavy atom. The third-order valence-corrected chi connectivity index (χ3v) is 4.98. The molecule has 16 heavy (non-hydrogen) atoms. The summed E-state index contributed by atoms with van der Waals surface area (Å²) in [4.78, 5) is 0. The number of phenols is 1. The third kappa shape index (κ3) is 2.64. The minimum absolute atomic E-state index is 0.130. The second kappa shape index (κ2) is 5.39. The van der Waals surface area contributed by atoms with Gasteiger partial charge in [0.25, 0.3) is 0 Å². The Morgan fingerprint density at radius 3 is 2.19 bits per heavy atom. The molecule has 0 bridgehead atoms. The lowest BCUT2D eigenvalue weighted by Gasteiger charge is -2.20. The molecule has 2 rings (SSSR count). The van der Waals surface area contributed by atoms with Crippen LogP contribution in [0.25, 0.3) is 0 Å². The highest BCUT2D eigenvalue weighted by molar-refractivity contribution is 14.1. The second-order valence-electron chi connectivity index (χ2n) is 4.40. The van der Waals surface area contributed by atoms with Crippen molar-refractivity contribution in [3.05, 3.63) is 24.8 Å². The van der Waals surface area contributed by atoms with Crippen molar-refractivity contribution in [1.82, 2.24) is 0 Å². The van der Waals surface area contributed by atoms with Crippen molar-refractivity contribution in [1.29, 1.82) is 0 Å². The highest BCUT2D eigenvalue weighted by Gasteiger charge is 2.24. The topological polar surface area (TPSA) is 46.2 Å². The van der Waals surface area contributed by atoms with Crippen molar-refractivity contribution in [2.75, 3.05) is 0 Å². The van der Waals surface area contributed by atoms with Crippen LogP contribution in [0.3, 0.4) is 0 Å². The fraction of sp³-hybridized carbons (Fsp3) is 0.500.